The predicted molar refractivity (Wildman–Crippen MR) is 45.6 cm³/mol. The molecule has 0 N–H and O–H groups in total. The molecule has 1 aliphatic rings. The van der Waals surface area contributed by atoms with E-state index in [1.165, 1.54) is 0 Å². The van der Waals surface area contributed by atoms with Crippen molar-refractivity contribution in [3.63, 3.8) is 0 Å². The second kappa shape index (κ2) is 4.19. The van der Waals surface area contributed by atoms with E-state index < -0.39 is 40.5 Å². The van der Waals surface area contributed by atoms with Crippen LogP contribution in [0, 0.1) is 5.92 Å². The highest BCUT2D eigenvalue weighted by Crippen LogP contribution is 2.24. The Morgan fingerprint density at radius 2 is 1.94 bits per heavy atom. The highest BCUT2D eigenvalue weighted by atomic mass is 32.3. The van der Waals surface area contributed by atoms with Gasteiger partial charge < -0.3 is 4.90 Å². The van der Waals surface area contributed by atoms with Crippen LogP contribution >= 0.6 is 0 Å². The summed E-state index contributed by atoms with van der Waals surface area (Å²) < 4.78 is 68.7. The molecule has 0 aromatic heterocycles. The number of carbonyl (C=O) groups excluding carboxylic acids is 1. The van der Waals surface area contributed by atoms with E-state index >= 15 is 0 Å². The lowest BCUT2D eigenvalue weighted by molar-refractivity contribution is -0.157. The van der Waals surface area contributed by atoms with Crippen molar-refractivity contribution in [1.82, 2.24) is 4.90 Å². The maximum absolute atomic E-state index is 12.3. The fourth-order valence-corrected chi connectivity index (χ4v) is 2.40. The standard InChI is InChI=1S/C7H9F4NO3S/c8-7(9,10)4-12-2-5(1-6(12)13)3-16(11,14)15/h5H,1-4H2. The number of likely N-dealkylation sites (tertiary alicyclic amines) is 1. The zero-order chi connectivity index (χ0) is 12.6. The van der Waals surface area contributed by atoms with Crippen LogP contribution in [-0.4, -0.2) is 44.2 Å². The fourth-order valence-electron chi connectivity index (χ4n) is 1.62. The molecule has 9 heteroatoms. The minimum atomic E-state index is -4.76. The first kappa shape index (κ1) is 13.2. The lowest BCUT2D eigenvalue weighted by atomic mass is 10.1. The largest absolute Gasteiger partial charge is 0.406 e. The van der Waals surface area contributed by atoms with Crippen molar-refractivity contribution < 1.29 is 30.3 Å². The number of nitrogens with zero attached hydrogens (tertiary/aromatic N) is 1. The van der Waals surface area contributed by atoms with E-state index in [4.69, 9.17) is 0 Å². The van der Waals surface area contributed by atoms with Crippen molar-refractivity contribution in [3.8, 4) is 0 Å². The Morgan fingerprint density at radius 1 is 1.38 bits per heavy atom. The van der Waals surface area contributed by atoms with Crippen LogP contribution in [0.15, 0.2) is 0 Å². The summed E-state index contributed by atoms with van der Waals surface area (Å²) in [5.41, 5.74) is 0. The summed E-state index contributed by atoms with van der Waals surface area (Å²) in [5.74, 6) is -2.61. The molecule has 94 valence electrons. The fraction of sp³-hybridized carbons (Fsp3) is 0.857. The third-order valence-electron chi connectivity index (χ3n) is 2.10. The van der Waals surface area contributed by atoms with E-state index in [1.54, 1.807) is 0 Å². The molecule has 1 rings (SSSR count). The average molecular weight is 263 g/mol. The Kier molecular flexibility index (Phi) is 3.46. The molecule has 0 aromatic carbocycles. The number of rotatable bonds is 3. The topological polar surface area (TPSA) is 54.5 Å². The van der Waals surface area contributed by atoms with Gasteiger partial charge in [0.25, 0.3) is 0 Å². The molecule has 1 aliphatic heterocycles. The van der Waals surface area contributed by atoms with Gasteiger partial charge in [0.15, 0.2) is 0 Å². The van der Waals surface area contributed by atoms with E-state index in [0.29, 0.717) is 4.90 Å². The number of amides is 1. The molecule has 0 radical (unpaired) electrons. The molecule has 4 nitrogen and oxygen atoms in total. The molecule has 16 heavy (non-hydrogen) atoms. The van der Waals surface area contributed by atoms with Crippen LogP contribution < -0.4 is 0 Å². The van der Waals surface area contributed by atoms with E-state index in [0.717, 1.165) is 0 Å². The number of alkyl halides is 3. The van der Waals surface area contributed by atoms with Gasteiger partial charge in [-0.3, -0.25) is 4.79 Å². The first-order valence-corrected chi connectivity index (χ1v) is 5.89. The molecule has 1 unspecified atom stereocenters. The van der Waals surface area contributed by atoms with Gasteiger partial charge in [-0.2, -0.15) is 21.6 Å². The summed E-state index contributed by atoms with van der Waals surface area (Å²) in [5, 5.41) is 0. The monoisotopic (exact) mass is 263 g/mol. The van der Waals surface area contributed by atoms with Crippen molar-refractivity contribution in [2.75, 3.05) is 18.8 Å². The van der Waals surface area contributed by atoms with Crippen LogP contribution in [0.5, 0.6) is 0 Å². The van der Waals surface area contributed by atoms with Gasteiger partial charge in [-0.25, -0.2) is 0 Å². The van der Waals surface area contributed by atoms with Crippen molar-refractivity contribution in [3.05, 3.63) is 0 Å². The van der Waals surface area contributed by atoms with Gasteiger partial charge in [-0.1, -0.05) is 0 Å². The van der Waals surface area contributed by atoms with Crippen LogP contribution in [0.4, 0.5) is 17.1 Å². The summed E-state index contributed by atoms with van der Waals surface area (Å²) in [7, 11) is -4.76. The van der Waals surface area contributed by atoms with Gasteiger partial charge >= 0.3 is 16.4 Å². The highest BCUT2D eigenvalue weighted by molar-refractivity contribution is 7.86. The van der Waals surface area contributed by atoms with Crippen LogP contribution in [0.2, 0.25) is 0 Å². The molecule has 0 saturated carbocycles. The first-order valence-electron chi connectivity index (χ1n) is 4.34. The van der Waals surface area contributed by atoms with Crippen molar-refractivity contribution >= 4 is 16.1 Å². The summed E-state index contributed by atoms with van der Waals surface area (Å²) in [6, 6.07) is 0. The van der Waals surface area contributed by atoms with E-state index in [2.05, 4.69) is 0 Å². The van der Waals surface area contributed by atoms with E-state index in [-0.39, 0.29) is 13.0 Å². The van der Waals surface area contributed by atoms with E-state index in [9.17, 15) is 30.3 Å². The Hall–Kier alpha value is -0.860. The Morgan fingerprint density at radius 3 is 2.38 bits per heavy atom. The van der Waals surface area contributed by atoms with Crippen LogP contribution in [-0.2, 0) is 15.0 Å². The minimum Gasteiger partial charge on any atom is -0.333 e. The zero-order valence-corrected chi connectivity index (χ0v) is 8.81. The maximum atomic E-state index is 12.3. The van der Waals surface area contributed by atoms with E-state index in [1.807, 2.05) is 0 Å². The summed E-state index contributed by atoms with van der Waals surface area (Å²) in [4.78, 5) is 11.6. The minimum absolute atomic E-state index is 0.362. The summed E-state index contributed by atoms with van der Waals surface area (Å²) in [6.07, 6.45) is -4.89. The van der Waals surface area contributed by atoms with Crippen LogP contribution in [0.1, 0.15) is 6.42 Å². The number of halogens is 4. The lowest BCUT2D eigenvalue weighted by Crippen LogP contribution is -2.35. The second-order valence-electron chi connectivity index (χ2n) is 3.67. The van der Waals surface area contributed by atoms with Crippen LogP contribution in [0.25, 0.3) is 0 Å². The average Bonchev–Trinajstić information content (AvgIpc) is 2.23. The summed E-state index contributed by atoms with van der Waals surface area (Å²) >= 11 is 0. The first-order chi connectivity index (χ1) is 7.07. The normalized spacial score (nSPS) is 22.9. The van der Waals surface area contributed by atoms with Crippen molar-refractivity contribution in [1.29, 1.82) is 0 Å². The zero-order valence-electron chi connectivity index (χ0n) is 8.00. The number of hydrogen-bond acceptors (Lipinski definition) is 3. The number of carbonyl (C=O) groups is 1. The highest BCUT2D eigenvalue weighted by Gasteiger charge is 2.39. The SMILES string of the molecule is O=C1CC(CS(=O)(=O)F)CN1CC(F)(F)F. The molecular weight excluding hydrogens is 254 g/mol. The molecule has 0 aliphatic carbocycles. The van der Waals surface area contributed by atoms with Gasteiger partial charge in [0.05, 0.1) is 5.75 Å². The molecule has 0 bridgehead atoms. The summed E-state index contributed by atoms with van der Waals surface area (Å²) in [6.45, 7) is -1.80. The Bertz CT molecular complexity index is 378. The molecule has 1 heterocycles. The maximum Gasteiger partial charge on any atom is 0.406 e. The smallest absolute Gasteiger partial charge is 0.333 e. The molecular formula is C7H9F4NO3S. The van der Waals surface area contributed by atoms with Crippen molar-refractivity contribution in [2.24, 2.45) is 5.92 Å². The van der Waals surface area contributed by atoms with Gasteiger partial charge in [-0.05, 0) is 0 Å². The second-order valence-corrected chi connectivity index (χ2v) is 5.08. The number of hydrogen-bond donors (Lipinski definition) is 0. The molecule has 1 saturated heterocycles. The molecule has 1 amide bonds. The third-order valence-corrected chi connectivity index (χ3v) is 2.97. The molecule has 1 fully saturated rings. The van der Waals surface area contributed by atoms with Crippen molar-refractivity contribution in [2.45, 2.75) is 12.6 Å². The lowest BCUT2D eigenvalue weighted by Gasteiger charge is -2.17. The predicted octanol–water partition coefficient (Wildman–Crippen LogP) is 0.697. The quantitative estimate of drug-likeness (QED) is 0.556. The molecule has 0 aromatic rings. The van der Waals surface area contributed by atoms with Gasteiger partial charge in [0.1, 0.15) is 6.54 Å². The third kappa shape index (κ3) is 4.33. The van der Waals surface area contributed by atoms with Gasteiger partial charge in [-0.15, -0.1) is 3.89 Å². The Labute approximate surface area is 89.4 Å². The van der Waals surface area contributed by atoms with Gasteiger partial charge in [0.2, 0.25) is 5.91 Å². The van der Waals surface area contributed by atoms with Crippen LogP contribution in [0.3, 0.4) is 0 Å². The Balaban J connectivity index is 2.58. The molecule has 1 atom stereocenters. The molecule has 0 spiro atoms. The van der Waals surface area contributed by atoms with Gasteiger partial charge in [0, 0.05) is 18.9 Å².